The number of nitrogens with zero attached hydrogens (tertiary/aromatic N) is 5. The number of hydrogen-bond acceptors (Lipinski definition) is 8. The monoisotopic (exact) mass is 584 g/mol. The van der Waals surface area contributed by atoms with E-state index >= 15 is 0 Å². The molecule has 212 valence electrons. The number of hydrogen-bond donors (Lipinski definition) is 1. The summed E-state index contributed by atoms with van der Waals surface area (Å²) >= 11 is 1.54. The first kappa shape index (κ1) is 27.7. The maximum absolute atomic E-state index is 10.1. The van der Waals surface area contributed by atoms with Crippen LogP contribution in [0.5, 0.6) is 17.2 Å². The molecule has 0 spiro atoms. The van der Waals surface area contributed by atoms with Gasteiger partial charge in [-0.3, -0.25) is 0 Å². The van der Waals surface area contributed by atoms with Crippen molar-refractivity contribution in [2.24, 2.45) is 0 Å². The van der Waals surface area contributed by atoms with Crippen LogP contribution in [0.4, 0.5) is 11.6 Å². The third-order valence-corrected chi connectivity index (χ3v) is 7.79. The van der Waals surface area contributed by atoms with Crippen LogP contribution >= 0.6 is 11.3 Å². The molecule has 0 aliphatic heterocycles. The minimum absolute atomic E-state index is 0.450. The fourth-order valence-corrected chi connectivity index (χ4v) is 5.77. The highest BCUT2D eigenvalue weighted by Crippen LogP contribution is 2.43. The lowest BCUT2D eigenvalue weighted by Crippen LogP contribution is -2.03. The Hall–Kier alpha value is -5.46. The number of anilines is 2. The first-order valence-corrected chi connectivity index (χ1v) is 14.6. The summed E-state index contributed by atoms with van der Waals surface area (Å²) in [5.41, 5.74) is 3.89. The summed E-state index contributed by atoms with van der Waals surface area (Å²) in [4.78, 5) is 15.2. The number of rotatable bonds is 11. The molecule has 1 N–H and O–H groups in total. The van der Waals surface area contributed by atoms with E-state index in [1.807, 2.05) is 103 Å². The Bertz CT molecular complexity index is 1860. The molecule has 0 saturated carbocycles. The molecule has 0 radical (unpaired) electrons. The van der Waals surface area contributed by atoms with Gasteiger partial charge < -0.3 is 19.4 Å². The molecule has 3 aromatic carbocycles. The second kappa shape index (κ2) is 13.0. The zero-order valence-electron chi connectivity index (χ0n) is 23.5. The molecular weight excluding hydrogens is 556 g/mol. The van der Waals surface area contributed by atoms with Crippen molar-refractivity contribution in [3.63, 3.8) is 0 Å². The van der Waals surface area contributed by atoms with Gasteiger partial charge in [0.25, 0.3) is 0 Å². The van der Waals surface area contributed by atoms with E-state index in [-0.39, 0.29) is 0 Å². The van der Waals surface area contributed by atoms with Crippen molar-refractivity contribution < 1.29 is 9.47 Å². The Balaban J connectivity index is 1.22. The van der Waals surface area contributed by atoms with Gasteiger partial charge in [0.15, 0.2) is 0 Å². The molecule has 0 saturated heterocycles. The van der Waals surface area contributed by atoms with E-state index in [4.69, 9.17) is 14.5 Å². The number of aromatic nitrogens is 4. The van der Waals surface area contributed by atoms with E-state index in [0.717, 1.165) is 56.7 Å². The van der Waals surface area contributed by atoms with Crippen LogP contribution in [0.15, 0.2) is 110 Å². The van der Waals surface area contributed by atoms with Gasteiger partial charge >= 0.3 is 0 Å². The standard InChI is InChI=1S/C34H28N6O2S/c1-24-30(22-35)32(25-8-5-13-29(20-25)42-27-10-3-2-4-11-27)33(43-24)31-14-15-37-34(39-31)38-26-9-6-12-28(21-26)41-19-7-17-40-18-16-36-23-40/h2-6,8-16,18,20-21,23H,7,17,19H2,1H3,(H,37,38,39). The van der Waals surface area contributed by atoms with Gasteiger partial charge in [0, 0.05) is 47.3 Å². The lowest BCUT2D eigenvalue weighted by Gasteiger charge is -2.11. The van der Waals surface area contributed by atoms with Crippen molar-refractivity contribution in [1.82, 2.24) is 19.5 Å². The number of nitrogens with one attached hydrogen (secondary N) is 1. The van der Waals surface area contributed by atoms with E-state index in [9.17, 15) is 5.26 Å². The molecule has 0 unspecified atom stereocenters. The summed E-state index contributed by atoms with van der Waals surface area (Å²) in [5.74, 6) is 2.65. The third-order valence-electron chi connectivity index (χ3n) is 6.66. The average Bonchev–Trinajstić information content (AvgIpc) is 3.68. The van der Waals surface area contributed by atoms with Crippen LogP contribution in [0, 0.1) is 18.3 Å². The number of imidazole rings is 1. The zero-order valence-corrected chi connectivity index (χ0v) is 24.3. The van der Waals surface area contributed by atoms with Gasteiger partial charge in [-0.25, -0.2) is 15.0 Å². The average molecular weight is 585 g/mol. The number of benzene rings is 3. The van der Waals surface area contributed by atoms with Crippen molar-refractivity contribution in [1.29, 1.82) is 5.26 Å². The lowest BCUT2D eigenvalue weighted by atomic mass is 9.99. The Labute approximate surface area is 253 Å². The molecule has 9 heteroatoms. The van der Waals surface area contributed by atoms with E-state index < -0.39 is 0 Å². The maximum atomic E-state index is 10.1. The van der Waals surface area contributed by atoms with Crippen molar-refractivity contribution in [2.45, 2.75) is 19.9 Å². The Morgan fingerprint density at radius 3 is 2.60 bits per heavy atom. The molecule has 0 aliphatic carbocycles. The summed E-state index contributed by atoms with van der Waals surface area (Å²) in [7, 11) is 0. The van der Waals surface area contributed by atoms with Gasteiger partial charge in [-0.1, -0.05) is 36.4 Å². The summed E-state index contributed by atoms with van der Waals surface area (Å²) < 4.78 is 14.1. The first-order chi connectivity index (χ1) is 21.2. The van der Waals surface area contributed by atoms with Gasteiger partial charge in [-0.15, -0.1) is 11.3 Å². The molecule has 0 amide bonds. The second-order valence-corrected chi connectivity index (χ2v) is 10.9. The normalized spacial score (nSPS) is 10.7. The lowest BCUT2D eigenvalue weighted by molar-refractivity contribution is 0.302. The Morgan fingerprint density at radius 1 is 0.930 bits per heavy atom. The number of para-hydroxylation sites is 1. The van der Waals surface area contributed by atoms with Crippen LogP contribution in [0.3, 0.4) is 0 Å². The molecule has 3 heterocycles. The van der Waals surface area contributed by atoms with Gasteiger partial charge in [0.05, 0.1) is 29.1 Å². The molecule has 0 fully saturated rings. The van der Waals surface area contributed by atoms with E-state index in [0.29, 0.717) is 23.9 Å². The van der Waals surface area contributed by atoms with Gasteiger partial charge in [-0.2, -0.15) is 5.26 Å². The number of nitriles is 1. The number of thiophene rings is 1. The van der Waals surface area contributed by atoms with Crippen molar-refractivity contribution in [3.05, 3.63) is 120 Å². The molecule has 6 aromatic rings. The van der Waals surface area contributed by atoms with Crippen molar-refractivity contribution >= 4 is 23.0 Å². The molecule has 3 aromatic heterocycles. The summed E-state index contributed by atoms with van der Waals surface area (Å²) in [5, 5.41) is 13.4. The van der Waals surface area contributed by atoms with Crippen LogP contribution in [0.2, 0.25) is 0 Å². The largest absolute Gasteiger partial charge is 0.493 e. The third kappa shape index (κ3) is 6.72. The molecule has 0 atom stereocenters. The second-order valence-electron chi connectivity index (χ2n) is 9.71. The Morgan fingerprint density at radius 2 is 1.77 bits per heavy atom. The zero-order chi connectivity index (χ0) is 29.4. The topological polar surface area (TPSA) is 97.9 Å². The fourth-order valence-electron chi connectivity index (χ4n) is 4.67. The molecular formula is C34H28N6O2S. The van der Waals surface area contributed by atoms with E-state index in [1.54, 1.807) is 30.1 Å². The van der Waals surface area contributed by atoms with Crippen molar-refractivity contribution in [2.75, 3.05) is 11.9 Å². The van der Waals surface area contributed by atoms with Gasteiger partial charge in [-0.05, 0) is 61.4 Å². The number of ether oxygens (including phenoxy) is 2. The highest BCUT2D eigenvalue weighted by atomic mass is 32.1. The molecule has 43 heavy (non-hydrogen) atoms. The summed E-state index contributed by atoms with van der Waals surface area (Å²) in [6, 6.07) is 29.4. The van der Waals surface area contributed by atoms with E-state index in [2.05, 4.69) is 21.4 Å². The minimum Gasteiger partial charge on any atom is -0.493 e. The van der Waals surface area contributed by atoms with Crippen LogP contribution < -0.4 is 14.8 Å². The van der Waals surface area contributed by atoms with Crippen LogP contribution in [0.25, 0.3) is 21.7 Å². The minimum atomic E-state index is 0.450. The van der Waals surface area contributed by atoms with Crippen LogP contribution in [0.1, 0.15) is 16.9 Å². The van der Waals surface area contributed by atoms with Crippen LogP contribution in [-0.2, 0) is 6.54 Å². The van der Waals surface area contributed by atoms with Gasteiger partial charge in [0.1, 0.15) is 23.3 Å². The smallest absolute Gasteiger partial charge is 0.227 e. The predicted molar refractivity (Wildman–Crippen MR) is 169 cm³/mol. The quantitative estimate of drug-likeness (QED) is 0.153. The van der Waals surface area contributed by atoms with E-state index in [1.165, 1.54) is 0 Å². The maximum Gasteiger partial charge on any atom is 0.227 e. The van der Waals surface area contributed by atoms with Crippen LogP contribution in [-0.4, -0.2) is 26.1 Å². The molecule has 0 aliphatic rings. The highest BCUT2D eigenvalue weighted by Gasteiger charge is 2.21. The fraction of sp³-hybridized carbons (Fsp3) is 0.118. The van der Waals surface area contributed by atoms with Crippen molar-refractivity contribution in [3.8, 4) is 45.0 Å². The number of aryl methyl sites for hydroxylation is 2. The Kier molecular flexibility index (Phi) is 8.39. The molecule has 8 nitrogen and oxygen atoms in total. The van der Waals surface area contributed by atoms with Gasteiger partial charge in [0.2, 0.25) is 5.95 Å². The summed E-state index contributed by atoms with van der Waals surface area (Å²) in [6.07, 6.45) is 8.11. The molecule has 6 rings (SSSR count). The molecule has 0 bridgehead atoms. The first-order valence-electron chi connectivity index (χ1n) is 13.8. The SMILES string of the molecule is Cc1sc(-c2ccnc(Nc3cccc(OCCCn4ccnc4)c3)n2)c(-c2cccc(Oc3ccccc3)c2)c1C#N. The predicted octanol–water partition coefficient (Wildman–Crippen LogP) is 8.25. The highest BCUT2D eigenvalue weighted by molar-refractivity contribution is 7.16. The summed E-state index contributed by atoms with van der Waals surface area (Å²) in [6.45, 7) is 3.40.